The Morgan fingerprint density at radius 2 is 0.818 bits per heavy atom. The highest BCUT2D eigenvalue weighted by molar-refractivity contribution is 6.12. The maximum atomic E-state index is 2.41. The maximum Gasteiger partial charge on any atom is 0.0467 e. The molecule has 0 amide bonds. The van der Waals surface area contributed by atoms with Crippen molar-refractivity contribution in [2.75, 3.05) is 4.90 Å². The van der Waals surface area contributed by atoms with Crippen LogP contribution in [0.3, 0.4) is 0 Å². The second kappa shape index (κ2) is 16.1. The van der Waals surface area contributed by atoms with Crippen LogP contribution in [0.1, 0.15) is 25.0 Å². The van der Waals surface area contributed by atoms with Gasteiger partial charge in [-0.3, -0.25) is 0 Å². The minimum absolute atomic E-state index is 0.128. The zero-order valence-corrected chi connectivity index (χ0v) is 37.1. The Bertz CT molecular complexity index is 3580. The molecular formula is C65H47N. The summed E-state index contributed by atoms with van der Waals surface area (Å²) in [5.74, 6) is 0. The molecule has 0 N–H and O–H groups in total. The molecule has 1 aliphatic rings. The van der Waals surface area contributed by atoms with E-state index >= 15 is 0 Å². The predicted molar refractivity (Wildman–Crippen MR) is 281 cm³/mol. The molecule has 0 bridgehead atoms. The molecule has 312 valence electrons. The minimum Gasteiger partial charge on any atom is -0.310 e. The van der Waals surface area contributed by atoms with Gasteiger partial charge in [0.1, 0.15) is 0 Å². The fourth-order valence-corrected chi connectivity index (χ4v) is 10.7. The standard InChI is InChI=1S/C65H47N/c1-65(2)63-29-12-11-24-60(63)61-28-15-26-57(64(61)65)50-21-13-22-53(42-50)66(52-38-32-48(33-39-52)55-25-14-27-58-54-23-10-9-20-47(54)34-41-59(55)58)51-36-30-44(31-37-51)49-35-40-56(45-16-5-3-6-17-45)62(43-49)46-18-7-4-8-19-46/h3-43H,1-2H3. The Labute approximate surface area is 387 Å². The van der Waals surface area contributed by atoms with Gasteiger partial charge >= 0.3 is 0 Å². The third-order valence-corrected chi connectivity index (χ3v) is 13.9. The monoisotopic (exact) mass is 841 g/mol. The van der Waals surface area contributed by atoms with Crippen LogP contribution in [0.5, 0.6) is 0 Å². The zero-order chi connectivity index (χ0) is 44.2. The minimum atomic E-state index is -0.128. The summed E-state index contributed by atoms with van der Waals surface area (Å²) in [7, 11) is 0. The Kier molecular flexibility index (Phi) is 9.58. The van der Waals surface area contributed by atoms with E-state index in [2.05, 4.69) is 267 Å². The zero-order valence-electron chi connectivity index (χ0n) is 37.1. The molecule has 1 nitrogen and oxygen atoms in total. The van der Waals surface area contributed by atoms with Crippen molar-refractivity contribution in [3.63, 3.8) is 0 Å². The summed E-state index contributed by atoms with van der Waals surface area (Å²) in [5.41, 5.74) is 20.7. The summed E-state index contributed by atoms with van der Waals surface area (Å²) >= 11 is 0. The molecule has 0 saturated carbocycles. The topological polar surface area (TPSA) is 3.24 Å². The lowest BCUT2D eigenvalue weighted by Crippen LogP contribution is -2.16. The number of nitrogens with zero attached hydrogens (tertiary/aromatic N) is 1. The van der Waals surface area contributed by atoms with Gasteiger partial charge in [0.25, 0.3) is 0 Å². The van der Waals surface area contributed by atoms with Gasteiger partial charge in [0.05, 0.1) is 0 Å². The fourth-order valence-electron chi connectivity index (χ4n) is 10.7. The van der Waals surface area contributed by atoms with Gasteiger partial charge in [0.2, 0.25) is 0 Å². The molecule has 0 heterocycles. The summed E-state index contributed by atoms with van der Waals surface area (Å²) in [4.78, 5) is 2.41. The van der Waals surface area contributed by atoms with Crippen molar-refractivity contribution in [1.82, 2.24) is 0 Å². The molecule has 11 aromatic carbocycles. The van der Waals surface area contributed by atoms with Crippen molar-refractivity contribution >= 4 is 38.6 Å². The Morgan fingerprint density at radius 1 is 0.273 bits per heavy atom. The van der Waals surface area contributed by atoms with Crippen LogP contribution < -0.4 is 4.90 Å². The first kappa shape index (κ1) is 39.3. The quantitative estimate of drug-likeness (QED) is 0.138. The van der Waals surface area contributed by atoms with Crippen LogP contribution in [-0.4, -0.2) is 0 Å². The van der Waals surface area contributed by atoms with E-state index in [4.69, 9.17) is 0 Å². The van der Waals surface area contributed by atoms with Gasteiger partial charge in [-0.2, -0.15) is 0 Å². The molecule has 0 aliphatic heterocycles. The van der Waals surface area contributed by atoms with Gasteiger partial charge in [-0.05, 0) is 142 Å². The van der Waals surface area contributed by atoms with Crippen LogP contribution in [0.2, 0.25) is 0 Å². The van der Waals surface area contributed by atoms with E-state index in [0.29, 0.717) is 0 Å². The first-order chi connectivity index (χ1) is 32.5. The first-order valence-electron chi connectivity index (χ1n) is 23.0. The molecule has 66 heavy (non-hydrogen) atoms. The lowest BCUT2D eigenvalue weighted by Gasteiger charge is -2.28. The predicted octanol–water partition coefficient (Wildman–Crippen LogP) is 18.1. The van der Waals surface area contributed by atoms with Crippen LogP contribution >= 0.6 is 0 Å². The van der Waals surface area contributed by atoms with Gasteiger partial charge in [-0.25, -0.2) is 0 Å². The molecule has 1 aliphatic carbocycles. The van der Waals surface area contributed by atoms with Crippen LogP contribution in [0.4, 0.5) is 17.1 Å². The lowest BCUT2D eigenvalue weighted by molar-refractivity contribution is 0.662. The molecular weight excluding hydrogens is 795 g/mol. The van der Waals surface area contributed by atoms with Gasteiger partial charge < -0.3 is 4.90 Å². The molecule has 0 atom stereocenters. The Balaban J connectivity index is 0.968. The molecule has 0 unspecified atom stereocenters. The highest BCUT2D eigenvalue weighted by Crippen LogP contribution is 2.52. The first-order valence-corrected chi connectivity index (χ1v) is 23.0. The molecule has 0 aromatic heterocycles. The number of rotatable bonds is 8. The highest BCUT2D eigenvalue weighted by atomic mass is 15.1. The largest absolute Gasteiger partial charge is 0.310 e. The van der Waals surface area contributed by atoms with Crippen LogP contribution in [0.25, 0.3) is 88.3 Å². The van der Waals surface area contributed by atoms with Crippen molar-refractivity contribution in [2.24, 2.45) is 0 Å². The fraction of sp³-hybridized carbons (Fsp3) is 0.0462. The van der Waals surface area contributed by atoms with E-state index in [1.165, 1.54) is 99.4 Å². The van der Waals surface area contributed by atoms with E-state index in [0.717, 1.165) is 17.1 Å². The molecule has 0 saturated heterocycles. The summed E-state index contributed by atoms with van der Waals surface area (Å²) in [6, 6.07) is 91.3. The highest BCUT2D eigenvalue weighted by Gasteiger charge is 2.37. The number of hydrogen-bond donors (Lipinski definition) is 0. The van der Waals surface area contributed by atoms with Gasteiger partial charge in [0.15, 0.2) is 0 Å². The van der Waals surface area contributed by atoms with Gasteiger partial charge in [-0.15, -0.1) is 0 Å². The number of benzene rings is 11. The molecule has 0 fully saturated rings. The van der Waals surface area contributed by atoms with Crippen molar-refractivity contribution in [3.05, 3.63) is 260 Å². The van der Waals surface area contributed by atoms with Gasteiger partial charge in [0, 0.05) is 22.5 Å². The van der Waals surface area contributed by atoms with Crippen molar-refractivity contribution in [3.8, 4) is 66.8 Å². The normalized spacial score (nSPS) is 12.5. The number of fused-ring (bicyclic) bond motifs is 6. The lowest BCUT2D eigenvalue weighted by atomic mass is 9.79. The van der Waals surface area contributed by atoms with Gasteiger partial charge in [-0.1, -0.05) is 220 Å². The van der Waals surface area contributed by atoms with Crippen LogP contribution in [0, 0.1) is 0 Å². The summed E-state index contributed by atoms with van der Waals surface area (Å²) in [6.07, 6.45) is 0. The number of hydrogen-bond acceptors (Lipinski definition) is 1. The molecule has 12 rings (SSSR count). The van der Waals surface area contributed by atoms with E-state index in [9.17, 15) is 0 Å². The third kappa shape index (κ3) is 6.71. The van der Waals surface area contributed by atoms with Crippen LogP contribution in [0.15, 0.2) is 249 Å². The Morgan fingerprint density at radius 3 is 1.59 bits per heavy atom. The van der Waals surface area contributed by atoms with E-state index in [1.54, 1.807) is 0 Å². The van der Waals surface area contributed by atoms with Crippen LogP contribution in [-0.2, 0) is 5.41 Å². The van der Waals surface area contributed by atoms with Crippen molar-refractivity contribution in [2.45, 2.75) is 19.3 Å². The number of anilines is 3. The maximum absolute atomic E-state index is 2.41. The molecule has 0 radical (unpaired) electrons. The van der Waals surface area contributed by atoms with Crippen molar-refractivity contribution < 1.29 is 0 Å². The Hall–Kier alpha value is -8.26. The van der Waals surface area contributed by atoms with E-state index < -0.39 is 0 Å². The molecule has 0 spiro atoms. The molecule has 1 heteroatoms. The third-order valence-electron chi connectivity index (χ3n) is 13.9. The second-order valence-corrected chi connectivity index (χ2v) is 18.1. The molecule has 11 aromatic rings. The SMILES string of the molecule is CC1(C)c2ccccc2-c2cccc(-c3cccc(N(c4ccc(-c5ccc(-c6ccccc6)c(-c6ccccc6)c5)cc4)c4ccc(-c5cccc6c5ccc5ccccc56)cc4)c3)c21. The average Bonchev–Trinajstić information content (AvgIpc) is 3.63. The van der Waals surface area contributed by atoms with E-state index in [1.807, 2.05) is 0 Å². The summed E-state index contributed by atoms with van der Waals surface area (Å²) in [6.45, 7) is 4.74. The average molecular weight is 842 g/mol. The smallest absolute Gasteiger partial charge is 0.0467 e. The summed E-state index contributed by atoms with van der Waals surface area (Å²) in [5, 5.41) is 5.08. The second-order valence-electron chi connectivity index (χ2n) is 18.1. The van der Waals surface area contributed by atoms with Crippen molar-refractivity contribution in [1.29, 1.82) is 0 Å². The van der Waals surface area contributed by atoms with E-state index in [-0.39, 0.29) is 5.41 Å². The summed E-state index contributed by atoms with van der Waals surface area (Å²) < 4.78 is 0.